The van der Waals surface area contributed by atoms with E-state index in [0.717, 1.165) is 36.9 Å². The van der Waals surface area contributed by atoms with Crippen LogP contribution in [0.15, 0.2) is 12.2 Å². The molecule has 0 fully saturated rings. The third-order valence-electron chi connectivity index (χ3n) is 3.10. The highest BCUT2D eigenvalue weighted by Gasteiger charge is 2.23. The average molecular weight is 324 g/mol. The Balaban J connectivity index is 0.00000149. The highest BCUT2D eigenvalue weighted by molar-refractivity contribution is 6.13. The Morgan fingerprint density at radius 3 is 2.43 bits per heavy atom. The maximum atomic E-state index is 11.5. The summed E-state index contributed by atoms with van der Waals surface area (Å²) in [5.74, 6) is -0.859. The Bertz CT molecular complexity index is 444. The molecule has 1 aliphatic rings. The Labute approximate surface area is 135 Å². The Kier molecular flexibility index (Phi) is 10.8. The largest absolute Gasteiger partial charge is 0.543 e. The van der Waals surface area contributed by atoms with E-state index < -0.39 is 0 Å². The van der Waals surface area contributed by atoms with Gasteiger partial charge in [0.1, 0.15) is 6.29 Å². The van der Waals surface area contributed by atoms with Crippen LogP contribution in [0.4, 0.5) is 0 Å². The number of nitrogens with one attached hydrogen (secondary N) is 1. The number of nitrogens with zero attached hydrogens (tertiary/aromatic N) is 1. The lowest BCUT2D eigenvalue weighted by Crippen LogP contribution is -2.34. The van der Waals surface area contributed by atoms with Gasteiger partial charge in [-0.15, -0.1) is 0 Å². The van der Waals surface area contributed by atoms with Gasteiger partial charge in [-0.2, -0.15) is 6.41 Å². The first kappa shape index (κ1) is 20.5. The molecule has 1 rings (SSSR count). The van der Waals surface area contributed by atoms with Crippen LogP contribution >= 0.6 is 0 Å². The summed E-state index contributed by atoms with van der Waals surface area (Å²) in [6.07, 6.45) is 6.96. The number of carbonyl (C=O) groups excluding carboxylic acids is 5. The molecule has 1 heterocycles. The van der Waals surface area contributed by atoms with E-state index in [9.17, 15) is 19.2 Å². The third-order valence-corrected chi connectivity index (χ3v) is 3.10. The smallest absolute Gasteiger partial charge is 0.253 e. The molecule has 0 aliphatic carbocycles. The summed E-state index contributed by atoms with van der Waals surface area (Å²) in [6.45, 7) is 2.52. The first-order valence-corrected chi connectivity index (χ1v) is 7.29. The number of nitrogens with two attached hydrogens (primary N) is 1. The first-order valence-electron chi connectivity index (χ1n) is 7.29. The molecule has 0 radical (unpaired) electrons. The molecule has 8 heteroatoms. The number of hydrogen-bond acceptors (Lipinski definition) is 5. The predicted octanol–water partition coefficient (Wildman–Crippen LogP) is -0.565. The molecule has 4 amide bonds. The molecule has 23 heavy (non-hydrogen) atoms. The van der Waals surface area contributed by atoms with Crippen LogP contribution < -0.4 is 11.1 Å². The molecular formula is C15H22N3O5-. The fourth-order valence-corrected chi connectivity index (χ4v) is 1.84. The van der Waals surface area contributed by atoms with Crippen molar-refractivity contribution in [1.29, 1.82) is 0 Å². The molecule has 8 nitrogen and oxygen atoms in total. The molecule has 1 unspecified atom stereocenters. The molecule has 0 spiro atoms. The number of imide groups is 1. The topological polar surface area (TPSA) is 127 Å². The molecular weight excluding hydrogens is 302 g/mol. The monoisotopic (exact) mass is 324 g/mol. The predicted molar refractivity (Wildman–Crippen MR) is 82.4 cm³/mol. The zero-order valence-electron chi connectivity index (χ0n) is 13.1. The van der Waals surface area contributed by atoms with Crippen LogP contribution in [0.2, 0.25) is 0 Å². The second-order valence-corrected chi connectivity index (χ2v) is 4.99. The van der Waals surface area contributed by atoms with E-state index in [1.54, 1.807) is 0 Å². The molecule has 3 N–H and O–H groups in total. The van der Waals surface area contributed by atoms with Crippen LogP contribution in [0.3, 0.4) is 0 Å². The fourth-order valence-electron chi connectivity index (χ4n) is 1.84. The number of hydrogen-bond donors (Lipinski definition) is 2. The maximum absolute atomic E-state index is 11.5. The van der Waals surface area contributed by atoms with E-state index in [1.807, 2.05) is 6.92 Å². The van der Waals surface area contributed by atoms with Crippen molar-refractivity contribution in [1.82, 2.24) is 10.2 Å². The van der Waals surface area contributed by atoms with Gasteiger partial charge in [0.15, 0.2) is 0 Å². The summed E-state index contributed by atoms with van der Waals surface area (Å²) in [5.41, 5.74) is 4.04. The van der Waals surface area contributed by atoms with Gasteiger partial charge >= 0.3 is 0 Å². The number of rotatable bonds is 9. The van der Waals surface area contributed by atoms with Crippen molar-refractivity contribution in [3.63, 3.8) is 0 Å². The number of unbranched alkanes of at least 4 members (excludes halogenated alkanes) is 1. The summed E-state index contributed by atoms with van der Waals surface area (Å²) in [4.78, 5) is 53.9. The van der Waals surface area contributed by atoms with Crippen molar-refractivity contribution in [2.75, 3.05) is 13.1 Å². The lowest BCUT2D eigenvalue weighted by molar-refractivity contribution is -0.137. The van der Waals surface area contributed by atoms with Crippen LogP contribution in [-0.2, 0) is 24.0 Å². The molecule has 0 saturated carbocycles. The van der Waals surface area contributed by atoms with E-state index in [-0.39, 0.29) is 36.6 Å². The van der Waals surface area contributed by atoms with Crippen LogP contribution in [0.1, 0.15) is 32.6 Å². The van der Waals surface area contributed by atoms with E-state index in [1.165, 1.54) is 12.2 Å². The van der Waals surface area contributed by atoms with E-state index in [0.29, 0.717) is 6.54 Å². The van der Waals surface area contributed by atoms with E-state index >= 15 is 0 Å². The second kappa shape index (κ2) is 12.1. The number of amides is 4. The quantitative estimate of drug-likeness (QED) is 0.193. The maximum Gasteiger partial charge on any atom is 0.253 e. The zero-order chi connectivity index (χ0) is 17.7. The molecule has 128 valence electrons. The van der Waals surface area contributed by atoms with E-state index in [2.05, 4.69) is 11.1 Å². The highest BCUT2D eigenvalue weighted by Crippen LogP contribution is 2.05. The second-order valence-electron chi connectivity index (χ2n) is 4.99. The minimum absolute atomic E-state index is 0.0605. The summed E-state index contributed by atoms with van der Waals surface area (Å²) in [6, 6.07) is 0. The van der Waals surface area contributed by atoms with Gasteiger partial charge in [-0.1, -0.05) is 13.3 Å². The summed E-state index contributed by atoms with van der Waals surface area (Å²) >= 11 is 0. The lowest BCUT2D eigenvalue weighted by atomic mass is 10.1. The van der Waals surface area contributed by atoms with E-state index in [4.69, 9.17) is 4.79 Å². The van der Waals surface area contributed by atoms with Gasteiger partial charge in [-0.3, -0.25) is 19.3 Å². The van der Waals surface area contributed by atoms with Crippen LogP contribution in [0.5, 0.6) is 0 Å². The van der Waals surface area contributed by atoms with Crippen LogP contribution in [-0.4, -0.2) is 48.4 Å². The molecule has 1 aliphatic heterocycles. The van der Waals surface area contributed by atoms with Crippen molar-refractivity contribution < 1.29 is 24.0 Å². The van der Waals surface area contributed by atoms with Crippen molar-refractivity contribution in [2.45, 2.75) is 32.6 Å². The number of carbonyl (C=O) groups is 4. The Morgan fingerprint density at radius 2 is 1.91 bits per heavy atom. The molecule has 0 aromatic heterocycles. The van der Waals surface area contributed by atoms with Crippen LogP contribution in [0, 0.1) is 5.92 Å². The minimum atomic E-state index is -0.370. The number of aldehydes is 1. The van der Waals surface area contributed by atoms with Gasteiger partial charge in [0.25, 0.3) is 11.8 Å². The standard InChI is InChI=1S/C14H20N2O4.CH2NO/c1-11(10-17)4-2-3-8-15-12(18)7-9-16-13(19)5-6-14(16)20;2-1-3/h5-6,10-11H,2-4,7-9H2,1H3,(H,15,18);(H2,2,3)/q;-1. The van der Waals surface area contributed by atoms with Crippen molar-refractivity contribution in [3.05, 3.63) is 12.2 Å². The summed E-state index contributed by atoms with van der Waals surface area (Å²) in [5, 5.41) is 2.73. The zero-order valence-corrected chi connectivity index (χ0v) is 13.1. The Hall–Kier alpha value is -2.51. The average Bonchev–Trinajstić information content (AvgIpc) is 2.84. The number of primary amides is 1. The normalized spacial score (nSPS) is 14.0. The highest BCUT2D eigenvalue weighted by atomic mass is 16.2. The van der Waals surface area contributed by atoms with Gasteiger partial charge in [0.2, 0.25) is 5.91 Å². The summed E-state index contributed by atoms with van der Waals surface area (Å²) < 4.78 is 0. The minimum Gasteiger partial charge on any atom is -0.543 e. The summed E-state index contributed by atoms with van der Waals surface area (Å²) in [7, 11) is 0. The SMILES string of the molecule is CC(C=O)CCCCNC(=O)CCN1C(=O)C=CC1=O.N[C-]=O. The molecule has 0 aromatic rings. The van der Waals surface area contributed by atoms with Crippen molar-refractivity contribution in [3.8, 4) is 0 Å². The fraction of sp³-hybridized carbons (Fsp3) is 0.533. The first-order chi connectivity index (χ1) is 11.0. The van der Waals surface area contributed by atoms with Gasteiger partial charge in [0.05, 0.1) is 0 Å². The third kappa shape index (κ3) is 9.18. The van der Waals surface area contributed by atoms with Crippen molar-refractivity contribution >= 4 is 30.4 Å². The van der Waals surface area contributed by atoms with Crippen molar-refractivity contribution in [2.24, 2.45) is 11.7 Å². The van der Waals surface area contributed by atoms with Gasteiger partial charge in [0, 0.05) is 37.6 Å². The van der Waals surface area contributed by atoms with Crippen LogP contribution in [0.25, 0.3) is 0 Å². The lowest BCUT2D eigenvalue weighted by Gasteiger charge is -2.13. The van der Waals surface area contributed by atoms with Gasteiger partial charge < -0.3 is 20.6 Å². The molecule has 0 saturated heterocycles. The molecule has 0 aromatic carbocycles. The molecule has 0 bridgehead atoms. The van der Waals surface area contributed by atoms with Gasteiger partial charge in [-0.05, 0) is 12.8 Å². The molecule has 1 atom stereocenters. The Morgan fingerprint density at radius 1 is 1.35 bits per heavy atom. The van der Waals surface area contributed by atoms with Gasteiger partial charge in [-0.25, -0.2) is 0 Å².